The number of imide groups is 1. The van der Waals surface area contributed by atoms with Crippen molar-refractivity contribution in [2.45, 2.75) is 13.3 Å². The molecule has 2 amide bonds. The summed E-state index contributed by atoms with van der Waals surface area (Å²) in [5.74, 6) is -2.73. The minimum absolute atomic E-state index is 0.0367. The van der Waals surface area contributed by atoms with Crippen LogP contribution in [0.4, 0.5) is 5.69 Å². The molecule has 130 valence electrons. The maximum atomic E-state index is 12.0. The average molecular weight is 344 g/mol. The number of carbonyl (C=O) groups is 3. The van der Waals surface area contributed by atoms with Gasteiger partial charge in [0.25, 0.3) is 0 Å². The van der Waals surface area contributed by atoms with Gasteiger partial charge in [-0.05, 0) is 24.3 Å². The monoisotopic (exact) mass is 344 g/mol. The summed E-state index contributed by atoms with van der Waals surface area (Å²) in [5.41, 5.74) is 5.79. The number of carbonyl (C=O) groups excluding carboxylic acids is 2. The van der Waals surface area contributed by atoms with E-state index in [1.165, 1.54) is 19.1 Å². The highest BCUT2D eigenvalue weighted by molar-refractivity contribution is 6.14. The van der Waals surface area contributed by atoms with Crippen LogP contribution in [0.2, 0.25) is 0 Å². The van der Waals surface area contributed by atoms with E-state index in [9.17, 15) is 19.5 Å². The molecule has 0 spiro atoms. The van der Waals surface area contributed by atoms with Crippen molar-refractivity contribution in [3.8, 4) is 17.3 Å². The number of anilines is 1. The van der Waals surface area contributed by atoms with E-state index in [0.717, 1.165) is 11.1 Å². The number of nitrogens with zero attached hydrogens (tertiary/aromatic N) is 3. The second-order valence-electron chi connectivity index (χ2n) is 5.07. The number of hydrogen-bond donors (Lipinski definition) is 3. The number of nitrogens with two attached hydrogens (primary N) is 1. The van der Waals surface area contributed by atoms with Crippen molar-refractivity contribution < 1.29 is 24.6 Å². The number of amides is 2. The summed E-state index contributed by atoms with van der Waals surface area (Å²) in [6.45, 7) is 1.40. The molecule has 0 aliphatic carbocycles. The number of aromatic hydroxyl groups is 1. The maximum Gasteiger partial charge on any atom is 0.342 e. The van der Waals surface area contributed by atoms with Crippen LogP contribution in [0.15, 0.2) is 30.5 Å². The molecule has 0 atom stereocenters. The maximum absolute atomic E-state index is 12.0. The molecule has 9 nitrogen and oxygen atoms in total. The molecular weight excluding hydrogens is 328 g/mol. The first-order valence-corrected chi connectivity index (χ1v) is 7.28. The second kappa shape index (κ2) is 7.49. The Hall–Kier alpha value is -3.33. The predicted molar refractivity (Wildman–Crippen MR) is 87.9 cm³/mol. The largest absolute Gasteiger partial charge is 0.493 e. The first-order valence-electron chi connectivity index (χ1n) is 7.28. The summed E-state index contributed by atoms with van der Waals surface area (Å²) >= 11 is 0. The average Bonchev–Trinajstić information content (AvgIpc) is 2.55. The second-order valence-corrected chi connectivity index (χ2v) is 5.07. The molecule has 4 N–H and O–H groups in total. The fourth-order valence-electron chi connectivity index (χ4n) is 2.16. The molecule has 1 aromatic heterocycles. The fourth-order valence-corrected chi connectivity index (χ4v) is 2.16. The molecule has 0 aliphatic rings. The number of carboxylic acid groups (broad SMARTS) is 1. The van der Waals surface area contributed by atoms with Gasteiger partial charge in [-0.1, -0.05) is 0 Å². The Morgan fingerprint density at radius 1 is 1.20 bits per heavy atom. The van der Waals surface area contributed by atoms with Gasteiger partial charge in [0.05, 0.1) is 5.69 Å². The van der Waals surface area contributed by atoms with E-state index in [1.54, 1.807) is 12.1 Å². The molecule has 0 fully saturated rings. The first kappa shape index (κ1) is 18.0. The number of benzene rings is 1. The standard InChI is InChI=1S/C16H16N4O5/c1-9(21)20(13(22)6-7-17)11-4-2-10(3-5-11)14-18-8-12(16(24)25)15(23)19-14/h2-5,8H,6-7,17H2,1H3,(H,24,25)(H,18,19,23). The van der Waals surface area contributed by atoms with Crippen LogP contribution < -0.4 is 10.6 Å². The molecule has 0 saturated heterocycles. The van der Waals surface area contributed by atoms with Crippen molar-refractivity contribution in [3.05, 3.63) is 36.0 Å². The van der Waals surface area contributed by atoms with Gasteiger partial charge in [-0.2, -0.15) is 4.98 Å². The third-order valence-corrected chi connectivity index (χ3v) is 3.31. The molecule has 0 unspecified atom stereocenters. The highest BCUT2D eigenvalue weighted by Crippen LogP contribution is 2.23. The molecule has 0 radical (unpaired) electrons. The SMILES string of the molecule is CC(=O)N(C(=O)CCN)c1ccc(-c2ncc(C(=O)O)c(O)n2)cc1. The fraction of sp³-hybridized carbons (Fsp3) is 0.188. The Bertz CT molecular complexity index is 820. The molecular formula is C16H16N4O5. The van der Waals surface area contributed by atoms with Crippen LogP contribution >= 0.6 is 0 Å². The van der Waals surface area contributed by atoms with E-state index in [2.05, 4.69) is 9.97 Å². The lowest BCUT2D eigenvalue weighted by atomic mass is 10.1. The van der Waals surface area contributed by atoms with E-state index in [4.69, 9.17) is 10.8 Å². The minimum atomic E-state index is -1.34. The lowest BCUT2D eigenvalue weighted by Crippen LogP contribution is -2.36. The number of aromatic nitrogens is 2. The molecule has 2 aromatic rings. The summed E-state index contributed by atoms with van der Waals surface area (Å²) in [6.07, 6.45) is 1.04. The molecule has 2 rings (SSSR count). The Kier molecular flexibility index (Phi) is 5.40. The molecule has 0 aliphatic heterocycles. The molecule has 1 heterocycles. The summed E-state index contributed by atoms with van der Waals surface area (Å²) in [4.78, 5) is 43.2. The van der Waals surface area contributed by atoms with Crippen LogP contribution in [0.25, 0.3) is 11.4 Å². The smallest absolute Gasteiger partial charge is 0.342 e. The van der Waals surface area contributed by atoms with Gasteiger partial charge in [-0.3, -0.25) is 14.5 Å². The van der Waals surface area contributed by atoms with Crippen LogP contribution in [-0.2, 0) is 9.59 Å². The Morgan fingerprint density at radius 2 is 1.84 bits per heavy atom. The topological polar surface area (TPSA) is 147 Å². The first-order chi connectivity index (χ1) is 11.8. The zero-order valence-electron chi connectivity index (χ0n) is 13.3. The van der Waals surface area contributed by atoms with Gasteiger partial charge in [-0.25, -0.2) is 9.78 Å². The van der Waals surface area contributed by atoms with E-state index >= 15 is 0 Å². The number of aromatic carboxylic acids is 1. The Morgan fingerprint density at radius 3 is 2.32 bits per heavy atom. The summed E-state index contributed by atoms with van der Waals surface area (Å²) in [5, 5.41) is 18.5. The van der Waals surface area contributed by atoms with E-state index in [1.807, 2.05) is 0 Å². The van der Waals surface area contributed by atoms with Crippen LogP contribution in [0.5, 0.6) is 5.88 Å². The molecule has 0 saturated carbocycles. The zero-order valence-corrected chi connectivity index (χ0v) is 13.3. The van der Waals surface area contributed by atoms with Crippen LogP contribution in [-0.4, -0.2) is 44.5 Å². The van der Waals surface area contributed by atoms with Crippen molar-refractivity contribution in [1.29, 1.82) is 0 Å². The highest BCUT2D eigenvalue weighted by Gasteiger charge is 2.20. The summed E-state index contributed by atoms with van der Waals surface area (Å²) < 4.78 is 0. The number of hydrogen-bond acceptors (Lipinski definition) is 7. The van der Waals surface area contributed by atoms with E-state index in [-0.39, 0.29) is 18.8 Å². The number of rotatable bonds is 5. The lowest BCUT2D eigenvalue weighted by molar-refractivity contribution is -0.125. The summed E-state index contributed by atoms with van der Waals surface area (Å²) in [7, 11) is 0. The predicted octanol–water partition coefficient (Wildman–Crippen LogP) is 0.776. The van der Waals surface area contributed by atoms with Gasteiger partial charge < -0.3 is 15.9 Å². The lowest BCUT2D eigenvalue weighted by Gasteiger charge is -2.19. The van der Waals surface area contributed by atoms with Crippen LogP contribution in [0, 0.1) is 0 Å². The van der Waals surface area contributed by atoms with E-state index in [0.29, 0.717) is 11.3 Å². The van der Waals surface area contributed by atoms with Gasteiger partial charge in [0.15, 0.2) is 5.82 Å². The molecule has 0 bridgehead atoms. The van der Waals surface area contributed by atoms with Gasteiger partial charge in [-0.15, -0.1) is 0 Å². The third kappa shape index (κ3) is 3.96. The molecule has 1 aromatic carbocycles. The minimum Gasteiger partial charge on any atom is -0.493 e. The van der Waals surface area contributed by atoms with Gasteiger partial charge >= 0.3 is 5.97 Å². The van der Waals surface area contributed by atoms with Crippen LogP contribution in [0.1, 0.15) is 23.7 Å². The summed E-state index contributed by atoms with van der Waals surface area (Å²) in [6, 6.07) is 6.15. The van der Waals surface area contributed by atoms with Gasteiger partial charge in [0, 0.05) is 31.6 Å². The Labute approximate surface area is 142 Å². The Balaban J connectivity index is 2.33. The quantitative estimate of drug-likeness (QED) is 0.721. The van der Waals surface area contributed by atoms with Gasteiger partial charge in [0.2, 0.25) is 17.7 Å². The van der Waals surface area contributed by atoms with Crippen molar-refractivity contribution in [2.24, 2.45) is 5.73 Å². The van der Waals surface area contributed by atoms with Crippen molar-refractivity contribution >= 4 is 23.5 Å². The van der Waals surface area contributed by atoms with Crippen molar-refractivity contribution in [3.63, 3.8) is 0 Å². The highest BCUT2D eigenvalue weighted by atomic mass is 16.4. The van der Waals surface area contributed by atoms with Gasteiger partial charge in [0.1, 0.15) is 5.56 Å². The molecule has 9 heteroatoms. The van der Waals surface area contributed by atoms with E-state index < -0.39 is 29.2 Å². The van der Waals surface area contributed by atoms with Crippen molar-refractivity contribution in [1.82, 2.24) is 9.97 Å². The van der Waals surface area contributed by atoms with Crippen LogP contribution in [0.3, 0.4) is 0 Å². The molecule has 25 heavy (non-hydrogen) atoms. The van der Waals surface area contributed by atoms with Crippen molar-refractivity contribution in [2.75, 3.05) is 11.4 Å². The zero-order chi connectivity index (χ0) is 18.6. The third-order valence-electron chi connectivity index (χ3n) is 3.31. The number of carboxylic acids is 1. The normalized spacial score (nSPS) is 10.3.